The number of methoxy groups -OCH3 is 1. The predicted octanol–water partition coefficient (Wildman–Crippen LogP) is 3.66. The van der Waals surface area contributed by atoms with Crippen LogP contribution in [-0.2, 0) is 4.79 Å². The average Bonchev–Trinajstić information content (AvgIpc) is 3.22. The number of carbonyl (C=O) groups excluding carboxylic acids is 1. The third-order valence-electron chi connectivity index (χ3n) is 4.49. The highest BCUT2D eigenvalue weighted by Gasteiger charge is 2.25. The van der Waals surface area contributed by atoms with Crippen LogP contribution in [0.2, 0.25) is 0 Å². The quantitative estimate of drug-likeness (QED) is 0.461. The Morgan fingerprint density at radius 1 is 1.00 bits per heavy atom. The molecular formula is C22H19N5O2S. The molecule has 0 saturated heterocycles. The molecule has 1 atom stereocenters. The minimum absolute atomic E-state index is 0.444. The summed E-state index contributed by atoms with van der Waals surface area (Å²) in [6.45, 7) is 0. The summed E-state index contributed by atoms with van der Waals surface area (Å²) in [5, 5.41) is 8.72. The monoisotopic (exact) mass is 417 g/mol. The van der Waals surface area contributed by atoms with Gasteiger partial charge in [-0.2, -0.15) is 0 Å². The van der Waals surface area contributed by atoms with Crippen molar-refractivity contribution in [2.24, 2.45) is 5.73 Å². The summed E-state index contributed by atoms with van der Waals surface area (Å²) in [6.07, 6.45) is 3.40. The number of ether oxygens (including phenoxy) is 1. The summed E-state index contributed by atoms with van der Waals surface area (Å²) in [5.41, 5.74) is 8.23. The largest absolute Gasteiger partial charge is 0.497 e. The minimum Gasteiger partial charge on any atom is -0.497 e. The van der Waals surface area contributed by atoms with Crippen LogP contribution in [0.1, 0.15) is 10.8 Å². The molecule has 0 aliphatic rings. The second-order valence-electron chi connectivity index (χ2n) is 6.39. The van der Waals surface area contributed by atoms with Crippen molar-refractivity contribution in [2.75, 3.05) is 7.11 Å². The van der Waals surface area contributed by atoms with Gasteiger partial charge in [0.2, 0.25) is 5.91 Å². The number of amides is 1. The highest BCUT2D eigenvalue weighted by molar-refractivity contribution is 8.00. The number of primary amides is 1. The SMILES string of the molecule is COc1ccc(-n2c(S[C@H](C(N)=O)c3ccccc3)nnc2-c2ccncc2)cc1. The van der Waals surface area contributed by atoms with Crippen LogP contribution < -0.4 is 10.5 Å². The lowest BCUT2D eigenvalue weighted by Crippen LogP contribution is -2.19. The Hall–Kier alpha value is -3.65. The van der Waals surface area contributed by atoms with Crippen LogP contribution in [0.4, 0.5) is 0 Å². The Morgan fingerprint density at radius 2 is 1.70 bits per heavy atom. The molecule has 8 heteroatoms. The lowest BCUT2D eigenvalue weighted by atomic mass is 10.1. The molecule has 0 unspecified atom stereocenters. The molecule has 2 aromatic carbocycles. The second kappa shape index (κ2) is 8.79. The van der Waals surface area contributed by atoms with Gasteiger partial charge in [-0.15, -0.1) is 10.2 Å². The first-order valence-electron chi connectivity index (χ1n) is 9.18. The maximum absolute atomic E-state index is 12.2. The molecule has 4 aromatic rings. The molecule has 0 fully saturated rings. The van der Waals surface area contributed by atoms with E-state index in [9.17, 15) is 4.79 Å². The van der Waals surface area contributed by atoms with Crippen molar-refractivity contribution in [2.45, 2.75) is 10.4 Å². The third kappa shape index (κ3) is 4.04. The number of nitrogens with two attached hydrogens (primary N) is 1. The fourth-order valence-electron chi connectivity index (χ4n) is 3.02. The zero-order valence-corrected chi connectivity index (χ0v) is 17.0. The second-order valence-corrected chi connectivity index (χ2v) is 7.46. The van der Waals surface area contributed by atoms with Crippen LogP contribution in [0.5, 0.6) is 5.75 Å². The molecule has 0 bridgehead atoms. The number of hydrogen-bond acceptors (Lipinski definition) is 6. The Labute approximate surface area is 177 Å². The van der Waals surface area contributed by atoms with Crippen molar-refractivity contribution in [3.63, 3.8) is 0 Å². The van der Waals surface area contributed by atoms with Gasteiger partial charge in [0.05, 0.1) is 7.11 Å². The number of thioether (sulfide) groups is 1. The van der Waals surface area contributed by atoms with Gasteiger partial charge in [0.1, 0.15) is 11.0 Å². The number of pyridine rings is 1. The van der Waals surface area contributed by atoms with Crippen molar-refractivity contribution in [1.82, 2.24) is 19.7 Å². The van der Waals surface area contributed by atoms with Crippen LogP contribution in [-0.4, -0.2) is 32.8 Å². The van der Waals surface area contributed by atoms with Gasteiger partial charge < -0.3 is 10.5 Å². The number of benzene rings is 2. The number of rotatable bonds is 7. The van der Waals surface area contributed by atoms with E-state index in [0.29, 0.717) is 11.0 Å². The topological polar surface area (TPSA) is 95.9 Å². The van der Waals surface area contributed by atoms with E-state index in [2.05, 4.69) is 15.2 Å². The van der Waals surface area contributed by atoms with E-state index in [0.717, 1.165) is 22.6 Å². The first-order valence-corrected chi connectivity index (χ1v) is 10.1. The molecule has 7 nitrogen and oxygen atoms in total. The van der Waals surface area contributed by atoms with Crippen molar-refractivity contribution < 1.29 is 9.53 Å². The summed E-state index contributed by atoms with van der Waals surface area (Å²) in [6, 6.07) is 20.7. The number of nitrogens with zero attached hydrogens (tertiary/aromatic N) is 4. The zero-order chi connectivity index (χ0) is 20.9. The molecule has 2 aromatic heterocycles. The summed E-state index contributed by atoms with van der Waals surface area (Å²) in [7, 11) is 1.62. The van der Waals surface area contributed by atoms with Gasteiger partial charge in [-0.1, -0.05) is 42.1 Å². The normalized spacial score (nSPS) is 11.8. The number of carbonyl (C=O) groups is 1. The smallest absolute Gasteiger partial charge is 0.235 e. The van der Waals surface area contributed by atoms with Gasteiger partial charge in [0.25, 0.3) is 0 Å². The molecule has 0 aliphatic heterocycles. The summed E-state index contributed by atoms with van der Waals surface area (Å²) >= 11 is 1.26. The molecule has 30 heavy (non-hydrogen) atoms. The molecular weight excluding hydrogens is 398 g/mol. The molecule has 0 saturated carbocycles. The van der Waals surface area contributed by atoms with Crippen molar-refractivity contribution in [1.29, 1.82) is 0 Å². The third-order valence-corrected chi connectivity index (χ3v) is 5.70. The van der Waals surface area contributed by atoms with E-state index < -0.39 is 11.2 Å². The first kappa shape index (κ1) is 19.7. The molecule has 4 rings (SSSR count). The van der Waals surface area contributed by atoms with Gasteiger partial charge in [-0.05, 0) is 42.0 Å². The fraction of sp³-hybridized carbons (Fsp3) is 0.0909. The van der Waals surface area contributed by atoms with Crippen molar-refractivity contribution >= 4 is 17.7 Å². The molecule has 0 radical (unpaired) electrons. The highest BCUT2D eigenvalue weighted by Crippen LogP contribution is 2.37. The van der Waals surface area contributed by atoms with E-state index in [1.54, 1.807) is 19.5 Å². The van der Waals surface area contributed by atoms with E-state index in [1.165, 1.54) is 11.8 Å². The van der Waals surface area contributed by atoms with Gasteiger partial charge in [-0.25, -0.2) is 0 Å². The van der Waals surface area contributed by atoms with Gasteiger partial charge >= 0.3 is 0 Å². The lowest BCUT2D eigenvalue weighted by Gasteiger charge is -2.15. The van der Waals surface area contributed by atoms with Gasteiger partial charge in [-0.3, -0.25) is 14.3 Å². The van der Waals surface area contributed by atoms with E-state index in [4.69, 9.17) is 10.5 Å². The van der Waals surface area contributed by atoms with E-state index >= 15 is 0 Å². The van der Waals surface area contributed by atoms with Crippen molar-refractivity contribution in [3.8, 4) is 22.8 Å². The van der Waals surface area contributed by atoms with Gasteiger partial charge in [0, 0.05) is 23.6 Å². The minimum atomic E-state index is -0.599. The molecule has 2 heterocycles. The number of hydrogen-bond donors (Lipinski definition) is 1. The summed E-state index contributed by atoms with van der Waals surface area (Å²) in [4.78, 5) is 16.3. The zero-order valence-electron chi connectivity index (χ0n) is 16.2. The van der Waals surface area contributed by atoms with Crippen LogP contribution >= 0.6 is 11.8 Å². The van der Waals surface area contributed by atoms with E-state index in [-0.39, 0.29) is 0 Å². The standard InChI is InChI=1S/C22H19N5O2S/c1-29-18-9-7-17(8-10-18)27-21(16-11-13-24-14-12-16)25-26-22(27)30-19(20(23)28)15-5-3-2-4-6-15/h2-14,19H,1H3,(H2,23,28)/t19-/m0/s1. The Morgan fingerprint density at radius 3 is 2.33 bits per heavy atom. The molecule has 150 valence electrons. The first-order chi connectivity index (χ1) is 14.7. The number of aromatic nitrogens is 4. The maximum Gasteiger partial charge on any atom is 0.235 e. The maximum atomic E-state index is 12.2. The van der Waals surface area contributed by atoms with Crippen LogP contribution in [0, 0.1) is 0 Å². The molecule has 0 spiro atoms. The summed E-state index contributed by atoms with van der Waals surface area (Å²) in [5.74, 6) is 0.938. The molecule has 2 N–H and O–H groups in total. The predicted molar refractivity (Wildman–Crippen MR) is 115 cm³/mol. The lowest BCUT2D eigenvalue weighted by molar-refractivity contribution is -0.117. The van der Waals surface area contributed by atoms with Gasteiger partial charge in [0.15, 0.2) is 11.0 Å². The Balaban J connectivity index is 1.81. The molecule has 0 aliphatic carbocycles. The fourth-order valence-corrected chi connectivity index (χ4v) is 4.03. The van der Waals surface area contributed by atoms with E-state index in [1.807, 2.05) is 71.3 Å². The molecule has 1 amide bonds. The Kier molecular flexibility index (Phi) is 5.76. The van der Waals surface area contributed by atoms with Crippen LogP contribution in [0.3, 0.4) is 0 Å². The Bertz CT molecular complexity index is 1130. The highest BCUT2D eigenvalue weighted by atomic mass is 32.2. The van der Waals surface area contributed by atoms with Crippen LogP contribution in [0.15, 0.2) is 84.3 Å². The summed E-state index contributed by atoms with van der Waals surface area (Å²) < 4.78 is 7.17. The van der Waals surface area contributed by atoms with Crippen LogP contribution in [0.25, 0.3) is 17.1 Å². The van der Waals surface area contributed by atoms with Crippen molar-refractivity contribution in [3.05, 3.63) is 84.7 Å². The average molecular weight is 417 g/mol.